The third kappa shape index (κ3) is 5.21. The monoisotopic (exact) mass is 156 g/mol. The van der Waals surface area contributed by atoms with Gasteiger partial charge >= 0.3 is 6.16 Å². The molecule has 62 valence electrons. The molecule has 0 unspecified atom stereocenters. The van der Waals surface area contributed by atoms with Crippen molar-refractivity contribution in [3.63, 3.8) is 0 Å². The molecule has 0 fully saturated rings. The van der Waals surface area contributed by atoms with Gasteiger partial charge in [-0.3, -0.25) is 0 Å². The summed E-state index contributed by atoms with van der Waals surface area (Å²) in [6.45, 7) is 7.09. The largest absolute Gasteiger partial charge is 0.513 e. The van der Waals surface area contributed by atoms with E-state index in [-0.39, 0.29) is 0 Å². The van der Waals surface area contributed by atoms with E-state index in [1.54, 1.807) is 13.0 Å². The van der Waals surface area contributed by atoms with Crippen LogP contribution in [0.3, 0.4) is 0 Å². The first-order valence-electron chi connectivity index (χ1n) is 3.16. The van der Waals surface area contributed by atoms with Crippen LogP contribution in [-0.2, 0) is 9.47 Å². The maximum Gasteiger partial charge on any atom is 0.513 e. The van der Waals surface area contributed by atoms with Crippen molar-refractivity contribution < 1.29 is 14.3 Å². The first-order chi connectivity index (χ1) is 5.06. The van der Waals surface area contributed by atoms with Crippen LogP contribution in [0.15, 0.2) is 24.0 Å². The van der Waals surface area contributed by atoms with Crippen molar-refractivity contribution in [3.8, 4) is 0 Å². The van der Waals surface area contributed by atoms with Crippen LogP contribution in [0.4, 0.5) is 4.79 Å². The average molecular weight is 156 g/mol. The molecule has 0 saturated carbocycles. The highest BCUT2D eigenvalue weighted by molar-refractivity contribution is 5.61. The lowest BCUT2D eigenvalue weighted by molar-refractivity contribution is 0.0975. The zero-order valence-corrected chi connectivity index (χ0v) is 7.01. The molecule has 0 aliphatic carbocycles. The number of allylic oxidation sites excluding steroid dienone is 3. The molecule has 0 aromatic heterocycles. The lowest BCUT2D eigenvalue weighted by Crippen LogP contribution is -2.01. The summed E-state index contributed by atoms with van der Waals surface area (Å²) in [5.41, 5.74) is 0.825. The number of methoxy groups -OCH3 is 1. The highest BCUT2D eigenvalue weighted by Crippen LogP contribution is 2.01. The van der Waals surface area contributed by atoms with Gasteiger partial charge in [-0.1, -0.05) is 12.2 Å². The molecule has 0 rings (SSSR count). The Morgan fingerprint density at radius 2 is 2.00 bits per heavy atom. The van der Waals surface area contributed by atoms with Gasteiger partial charge in [0.25, 0.3) is 0 Å². The maximum atomic E-state index is 10.5. The molecule has 0 spiro atoms. The SMILES string of the molecule is C=C(C)/C=C(\C)OC(=O)OC. The second-order valence-corrected chi connectivity index (χ2v) is 2.16. The van der Waals surface area contributed by atoms with E-state index in [1.807, 2.05) is 6.92 Å². The molecular formula is C8H12O3. The van der Waals surface area contributed by atoms with Crippen molar-refractivity contribution in [2.24, 2.45) is 0 Å². The Bertz CT molecular complexity index is 192. The number of hydrogen-bond acceptors (Lipinski definition) is 3. The Hall–Kier alpha value is -1.25. The Balaban J connectivity index is 3.96. The van der Waals surface area contributed by atoms with E-state index in [0.29, 0.717) is 5.76 Å². The molecule has 3 heteroatoms. The summed E-state index contributed by atoms with van der Waals surface area (Å²) in [6, 6.07) is 0. The predicted octanol–water partition coefficient (Wildman–Crippen LogP) is 2.25. The molecule has 0 aromatic carbocycles. The van der Waals surface area contributed by atoms with Crippen molar-refractivity contribution in [3.05, 3.63) is 24.0 Å². The number of carbonyl (C=O) groups excluding carboxylic acids is 1. The summed E-state index contributed by atoms with van der Waals surface area (Å²) in [4.78, 5) is 10.5. The highest BCUT2D eigenvalue weighted by atomic mass is 16.7. The van der Waals surface area contributed by atoms with Crippen molar-refractivity contribution in [1.82, 2.24) is 0 Å². The topological polar surface area (TPSA) is 35.5 Å². The van der Waals surface area contributed by atoms with E-state index in [9.17, 15) is 4.79 Å². The zero-order chi connectivity index (χ0) is 8.85. The molecule has 0 amide bonds. The van der Waals surface area contributed by atoms with Crippen LogP contribution in [0.25, 0.3) is 0 Å². The minimum atomic E-state index is -0.708. The third-order valence-electron chi connectivity index (χ3n) is 0.861. The molecule has 0 aliphatic heterocycles. The van der Waals surface area contributed by atoms with Gasteiger partial charge in [-0.15, -0.1) is 0 Å². The summed E-state index contributed by atoms with van der Waals surface area (Å²) in [7, 11) is 1.26. The van der Waals surface area contributed by atoms with Crippen LogP contribution >= 0.6 is 0 Å². The number of rotatable bonds is 2. The molecule has 0 heterocycles. The standard InChI is InChI=1S/C8H12O3/c1-6(2)5-7(3)11-8(9)10-4/h5H,1H2,2-4H3/b7-5+. The van der Waals surface area contributed by atoms with E-state index in [2.05, 4.69) is 16.1 Å². The van der Waals surface area contributed by atoms with E-state index in [1.165, 1.54) is 7.11 Å². The predicted molar refractivity (Wildman–Crippen MR) is 42.1 cm³/mol. The summed E-state index contributed by atoms with van der Waals surface area (Å²) < 4.78 is 8.92. The van der Waals surface area contributed by atoms with Gasteiger partial charge in [0.1, 0.15) is 5.76 Å². The third-order valence-corrected chi connectivity index (χ3v) is 0.861. The minimum absolute atomic E-state index is 0.476. The van der Waals surface area contributed by atoms with Gasteiger partial charge in [0.15, 0.2) is 0 Å². The summed E-state index contributed by atoms with van der Waals surface area (Å²) in [5, 5.41) is 0. The van der Waals surface area contributed by atoms with E-state index in [4.69, 9.17) is 0 Å². The van der Waals surface area contributed by atoms with Crippen molar-refractivity contribution >= 4 is 6.16 Å². The molecule has 3 nitrogen and oxygen atoms in total. The van der Waals surface area contributed by atoms with Crippen LogP contribution in [0, 0.1) is 0 Å². The van der Waals surface area contributed by atoms with E-state index in [0.717, 1.165) is 5.57 Å². The fourth-order valence-electron chi connectivity index (χ4n) is 0.550. The molecule has 11 heavy (non-hydrogen) atoms. The van der Waals surface area contributed by atoms with E-state index < -0.39 is 6.16 Å². The van der Waals surface area contributed by atoms with Crippen LogP contribution in [0.5, 0.6) is 0 Å². The summed E-state index contributed by atoms with van der Waals surface area (Å²) in [6.07, 6.45) is 0.941. The second kappa shape index (κ2) is 4.55. The lowest BCUT2D eigenvalue weighted by atomic mass is 10.3. The van der Waals surface area contributed by atoms with Crippen molar-refractivity contribution in [2.45, 2.75) is 13.8 Å². The average Bonchev–Trinajstić information content (AvgIpc) is 1.85. The molecular weight excluding hydrogens is 144 g/mol. The smallest absolute Gasteiger partial charge is 0.437 e. The summed E-state index contributed by atoms with van der Waals surface area (Å²) >= 11 is 0. The molecule has 0 saturated heterocycles. The van der Waals surface area contributed by atoms with E-state index >= 15 is 0 Å². The Morgan fingerprint density at radius 3 is 2.36 bits per heavy atom. The quantitative estimate of drug-likeness (QED) is 0.349. The molecule has 0 radical (unpaired) electrons. The number of hydrogen-bond donors (Lipinski definition) is 0. The van der Waals surface area contributed by atoms with Gasteiger partial charge in [0.2, 0.25) is 0 Å². The van der Waals surface area contributed by atoms with Crippen molar-refractivity contribution in [2.75, 3.05) is 7.11 Å². The van der Waals surface area contributed by atoms with Gasteiger partial charge in [-0.25, -0.2) is 4.79 Å². The highest BCUT2D eigenvalue weighted by Gasteiger charge is 2.00. The van der Waals surface area contributed by atoms with Crippen LogP contribution in [0.2, 0.25) is 0 Å². The molecule has 0 aromatic rings. The Labute approximate surface area is 66.3 Å². The van der Waals surface area contributed by atoms with Gasteiger partial charge in [0.05, 0.1) is 7.11 Å². The first-order valence-corrected chi connectivity index (χ1v) is 3.16. The van der Waals surface area contributed by atoms with Gasteiger partial charge < -0.3 is 9.47 Å². The second-order valence-electron chi connectivity index (χ2n) is 2.16. The van der Waals surface area contributed by atoms with Crippen LogP contribution in [0.1, 0.15) is 13.8 Å². The normalized spacial score (nSPS) is 10.6. The molecule has 0 N–H and O–H groups in total. The Kier molecular flexibility index (Phi) is 4.03. The van der Waals surface area contributed by atoms with Gasteiger partial charge in [-0.05, 0) is 19.9 Å². The fourth-order valence-corrected chi connectivity index (χ4v) is 0.550. The fraction of sp³-hybridized carbons (Fsp3) is 0.375. The molecule has 0 bridgehead atoms. The van der Waals surface area contributed by atoms with Crippen LogP contribution < -0.4 is 0 Å². The Morgan fingerprint density at radius 1 is 1.45 bits per heavy atom. The number of ether oxygens (including phenoxy) is 2. The number of carbonyl (C=O) groups is 1. The maximum absolute atomic E-state index is 10.5. The zero-order valence-electron chi connectivity index (χ0n) is 7.01. The lowest BCUT2D eigenvalue weighted by Gasteiger charge is -2.00. The molecule has 0 aliphatic rings. The van der Waals surface area contributed by atoms with Crippen molar-refractivity contribution in [1.29, 1.82) is 0 Å². The first kappa shape index (κ1) is 9.75. The molecule has 0 atom stereocenters. The van der Waals surface area contributed by atoms with Gasteiger partial charge in [0, 0.05) is 0 Å². The van der Waals surface area contributed by atoms with Gasteiger partial charge in [-0.2, -0.15) is 0 Å². The van der Waals surface area contributed by atoms with Crippen LogP contribution in [-0.4, -0.2) is 13.3 Å². The minimum Gasteiger partial charge on any atom is -0.437 e. The summed E-state index contributed by atoms with van der Waals surface area (Å²) in [5.74, 6) is 0.476.